The lowest BCUT2D eigenvalue weighted by atomic mass is 9.98. The van der Waals surface area contributed by atoms with Gasteiger partial charge in [0.2, 0.25) is 0 Å². The van der Waals surface area contributed by atoms with Gasteiger partial charge in [-0.1, -0.05) is 11.3 Å². The molecule has 1 aliphatic rings. The van der Waals surface area contributed by atoms with Crippen molar-refractivity contribution < 1.29 is 9.53 Å². The van der Waals surface area contributed by atoms with E-state index in [-0.39, 0.29) is 6.09 Å². The van der Waals surface area contributed by atoms with Crippen LogP contribution in [0.5, 0.6) is 0 Å². The highest BCUT2D eigenvalue weighted by Gasteiger charge is 2.28. The zero-order valence-electron chi connectivity index (χ0n) is 12.5. The average Bonchev–Trinajstić information content (AvgIpc) is 2.97. The maximum Gasteiger partial charge on any atom is 0.410 e. The molecule has 0 saturated carbocycles. The van der Waals surface area contributed by atoms with Gasteiger partial charge in [0.05, 0.1) is 11.2 Å². The van der Waals surface area contributed by atoms with Gasteiger partial charge in [-0.2, -0.15) is 5.10 Å². The Balaban J connectivity index is 1.60. The van der Waals surface area contributed by atoms with Gasteiger partial charge in [0.25, 0.3) is 0 Å². The van der Waals surface area contributed by atoms with Gasteiger partial charge >= 0.3 is 6.09 Å². The SMILES string of the molecule is CC(C)(C)OC(=O)N1CCC(c2nc3cn[nH]c3s2)CC1. The normalized spacial score (nSPS) is 17.4. The van der Waals surface area contributed by atoms with Crippen LogP contribution in [-0.2, 0) is 4.74 Å². The van der Waals surface area contributed by atoms with E-state index in [0.717, 1.165) is 41.3 Å². The Bertz CT molecular complexity index is 606. The first-order valence-electron chi connectivity index (χ1n) is 7.20. The third kappa shape index (κ3) is 3.18. The van der Waals surface area contributed by atoms with Crippen molar-refractivity contribution in [1.82, 2.24) is 20.1 Å². The van der Waals surface area contributed by atoms with Gasteiger partial charge in [-0.25, -0.2) is 9.78 Å². The Labute approximate surface area is 127 Å². The van der Waals surface area contributed by atoms with Crippen LogP contribution in [0.2, 0.25) is 0 Å². The van der Waals surface area contributed by atoms with Gasteiger partial charge in [0.15, 0.2) is 0 Å². The van der Waals surface area contributed by atoms with Crippen LogP contribution in [-0.4, -0.2) is 44.9 Å². The summed E-state index contributed by atoms with van der Waals surface area (Å²) in [5, 5.41) is 8.06. The van der Waals surface area contributed by atoms with Crippen molar-refractivity contribution in [2.45, 2.75) is 45.1 Å². The number of amides is 1. The fourth-order valence-electron chi connectivity index (χ4n) is 2.48. The fourth-order valence-corrected chi connectivity index (χ4v) is 3.54. The molecule has 0 atom stereocenters. The number of hydrogen-bond acceptors (Lipinski definition) is 5. The molecule has 0 unspecified atom stereocenters. The van der Waals surface area contributed by atoms with E-state index >= 15 is 0 Å². The summed E-state index contributed by atoms with van der Waals surface area (Å²) in [6.07, 6.45) is 3.41. The number of nitrogens with one attached hydrogen (secondary N) is 1. The van der Waals surface area contributed by atoms with Crippen molar-refractivity contribution >= 4 is 27.8 Å². The largest absolute Gasteiger partial charge is 0.444 e. The first-order chi connectivity index (χ1) is 9.92. The van der Waals surface area contributed by atoms with Crippen LogP contribution < -0.4 is 0 Å². The molecule has 0 aliphatic carbocycles. The minimum absolute atomic E-state index is 0.212. The minimum atomic E-state index is -0.435. The predicted octanol–water partition coefficient (Wildman–Crippen LogP) is 3.13. The van der Waals surface area contributed by atoms with Crippen molar-refractivity contribution in [2.75, 3.05) is 13.1 Å². The second-order valence-electron chi connectivity index (χ2n) is 6.38. The Morgan fingerprint density at radius 1 is 1.43 bits per heavy atom. The molecule has 21 heavy (non-hydrogen) atoms. The second kappa shape index (κ2) is 5.29. The Morgan fingerprint density at radius 3 is 2.76 bits per heavy atom. The fraction of sp³-hybridized carbons (Fsp3) is 0.643. The summed E-state index contributed by atoms with van der Waals surface area (Å²) in [7, 11) is 0. The smallest absolute Gasteiger partial charge is 0.410 e. The topological polar surface area (TPSA) is 71.1 Å². The monoisotopic (exact) mass is 308 g/mol. The van der Waals surface area contributed by atoms with Crippen LogP contribution >= 0.6 is 11.3 Å². The van der Waals surface area contributed by atoms with Crippen LogP contribution in [0.15, 0.2) is 6.20 Å². The van der Waals surface area contributed by atoms with Crippen LogP contribution in [0, 0.1) is 0 Å². The van der Waals surface area contributed by atoms with Crippen LogP contribution in [0.4, 0.5) is 4.79 Å². The second-order valence-corrected chi connectivity index (χ2v) is 7.41. The van der Waals surface area contributed by atoms with E-state index in [4.69, 9.17) is 4.74 Å². The van der Waals surface area contributed by atoms with E-state index < -0.39 is 5.60 Å². The third-order valence-electron chi connectivity index (χ3n) is 3.52. The number of carbonyl (C=O) groups excluding carboxylic acids is 1. The molecule has 2 aromatic heterocycles. The zero-order valence-corrected chi connectivity index (χ0v) is 13.4. The number of rotatable bonds is 1. The highest BCUT2D eigenvalue weighted by Crippen LogP contribution is 2.33. The molecular formula is C14H20N4O2S. The highest BCUT2D eigenvalue weighted by atomic mass is 32.1. The van der Waals surface area contributed by atoms with E-state index in [1.807, 2.05) is 20.8 Å². The summed E-state index contributed by atoms with van der Waals surface area (Å²) >= 11 is 1.67. The number of thiazole rings is 1. The summed E-state index contributed by atoms with van der Waals surface area (Å²) in [6.45, 7) is 7.13. The molecule has 1 fully saturated rings. The van der Waals surface area contributed by atoms with Crippen molar-refractivity contribution in [1.29, 1.82) is 0 Å². The summed E-state index contributed by atoms with van der Waals surface area (Å²) in [5.41, 5.74) is 0.499. The quantitative estimate of drug-likeness (QED) is 0.878. The zero-order chi connectivity index (χ0) is 15.0. The molecule has 1 amide bonds. The van der Waals surface area contributed by atoms with Crippen LogP contribution in [0.25, 0.3) is 10.3 Å². The number of H-pyrrole nitrogens is 1. The van der Waals surface area contributed by atoms with E-state index in [1.165, 1.54) is 0 Å². The molecule has 1 saturated heterocycles. The summed E-state index contributed by atoms with van der Waals surface area (Å²) in [5.74, 6) is 0.425. The van der Waals surface area contributed by atoms with Crippen LogP contribution in [0.3, 0.4) is 0 Å². The molecule has 0 radical (unpaired) electrons. The van der Waals surface area contributed by atoms with E-state index in [1.54, 1.807) is 22.4 Å². The molecule has 114 valence electrons. The molecular weight excluding hydrogens is 288 g/mol. The maximum absolute atomic E-state index is 12.0. The van der Waals surface area contributed by atoms with Gasteiger partial charge in [0.1, 0.15) is 15.9 Å². The average molecular weight is 308 g/mol. The molecule has 0 aromatic carbocycles. The number of carbonyl (C=O) groups is 1. The molecule has 7 heteroatoms. The number of fused-ring (bicyclic) bond motifs is 1. The first-order valence-corrected chi connectivity index (χ1v) is 8.02. The number of hydrogen-bond donors (Lipinski definition) is 1. The molecule has 0 bridgehead atoms. The number of nitrogens with zero attached hydrogens (tertiary/aromatic N) is 3. The lowest BCUT2D eigenvalue weighted by molar-refractivity contribution is 0.0205. The molecule has 1 N–H and O–H groups in total. The highest BCUT2D eigenvalue weighted by molar-refractivity contribution is 7.18. The van der Waals surface area contributed by atoms with Gasteiger partial charge in [-0.3, -0.25) is 5.10 Å². The van der Waals surface area contributed by atoms with Crippen LogP contribution in [0.1, 0.15) is 44.5 Å². The molecule has 3 rings (SSSR count). The maximum atomic E-state index is 12.0. The summed E-state index contributed by atoms with van der Waals surface area (Å²) < 4.78 is 5.41. The summed E-state index contributed by atoms with van der Waals surface area (Å²) in [4.78, 5) is 19.5. The standard InChI is InChI=1S/C14H20N4O2S/c1-14(2,3)20-13(19)18-6-4-9(5-7-18)11-16-10-8-15-17-12(10)21-11/h8-9H,4-7H2,1-3H3,(H,15,17). The Hall–Kier alpha value is -1.63. The molecule has 2 aromatic rings. The third-order valence-corrected chi connectivity index (χ3v) is 4.66. The predicted molar refractivity (Wildman–Crippen MR) is 81.5 cm³/mol. The van der Waals surface area contributed by atoms with Crippen molar-refractivity contribution in [3.63, 3.8) is 0 Å². The van der Waals surface area contributed by atoms with Gasteiger partial charge in [0, 0.05) is 19.0 Å². The van der Waals surface area contributed by atoms with Gasteiger partial charge in [-0.15, -0.1) is 0 Å². The lowest BCUT2D eigenvalue weighted by Crippen LogP contribution is -2.41. The van der Waals surface area contributed by atoms with Gasteiger partial charge < -0.3 is 9.64 Å². The number of likely N-dealkylation sites (tertiary alicyclic amines) is 1. The molecule has 3 heterocycles. The number of piperidine rings is 1. The lowest BCUT2D eigenvalue weighted by Gasteiger charge is -2.32. The minimum Gasteiger partial charge on any atom is -0.444 e. The Morgan fingerprint density at radius 2 is 2.14 bits per heavy atom. The first kappa shape index (κ1) is 14.3. The summed E-state index contributed by atoms with van der Waals surface area (Å²) in [6, 6.07) is 0. The van der Waals surface area contributed by atoms with E-state index in [0.29, 0.717) is 5.92 Å². The van der Waals surface area contributed by atoms with E-state index in [9.17, 15) is 4.79 Å². The Kier molecular flexibility index (Phi) is 3.61. The van der Waals surface area contributed by atoms with Crippen molar-refractivity contribution in [3.05, 3.63) is 11.2 Å². The number of ether oxygens (including phenoxy) is 1. The molecule has 6 nitrogen and oxygen atoms in total. The van der Waals surface area contributed by atoms with Crippen molar-refractivity contribution in [2.24, 2.45) is 0 Å². The molecule has 0 spiro atoms. The molecule has 1 aliphatic heterocycles. The number of aromatic nitrogens is 3. The van der Waals surface area contributed by atoms with Crippen molar-refractivity contribution in [3.8, 4) is 0 Å². The number of aromatic amines is 1. The van der Waals surface area contributed by atoms with E-state index in [2.05, 4.69) is 15.2 Å². The van der Waals surface area contributed by atoms with Gasteiger partial charge in [-0.05, 0) is 33.6 Å².